The molecule has 0 radical (unpaired) electrons. The van der Waals surface area contributed by atoms with E-state index in [4.69, 9.17) is 0 Å². The molecule has 1 aliphatic rings. The minimum atomic E-state index is -1.91. The third-order valence-corrected chi connectivity index (χ3v) is 4.20. The molecular weight excluding hydrogens is 136 g/mol. The van der Waals surface area contributed by atoms with E-state index >= 15 is 0 Å². The van der Waals surface area contributed by atoms with E-state index in [2.05, 4.69) is 4.36 Å². The largest absolute Gasteiger partial charge is 0.234 e. The highest BCUT2D eigenvalue weighted by molar-refractivity contribution is 7.91. The van der Waals surface area contributed by atoms with Crippen molar-refractivity contribution in [2.75, 3.05) is 26.4 Å². The minimum absolute atomic E-state index is 0.750. The molecule has 0 bridgehead atoms. The van der Waals surface area contributed by atoms with Gasteiger partial charge in [-0.2, -0.15) is 0 Å². The molecule has 3 nitrogen and oxygen atoms in total. The molecule has 0 amide bonds. The lowest BCUT2D eigenvalue weighted by Crippen LogP contribution is -2.19. The van der Waals surface area contributed by atoms with Crippen LogP contribution in [-0.4, -0.2) is 34.9 Å². The van der Waals surface area contributed by atoms with E-state index in [1.165, 1.54) is 0 Å². The van der Waals surface area contributed by atoms with Crippen molar-refractivity contribution in [1.82, 2.24) is 4.31 Å². The maximum absolute atomic E-state index is 11.4. The highest BCUT2D eigenvalue weighted by atomic mass is 32.2. The third kappa shape index (κ3) is 1.09. The Morgan fingerprint density at radius 2 is 2.33 bits per heavy atom. The van der Waals surface area contributed by atoms with Gasteiger partial charge in [0.25, 0.3) is 0 Å². The molecule has 1 aliphatic heterocycles. The second-order valence-corrected chi connectivity index (χ2v) is 4.81. The molecule has 1 saturated heterocycles. The smallest absolute Gasteiger partial charge is 0.109 e. The van der Waals surface area contributed by atoms with E-state index < -0.39 is 9.92 Å². The fraction of sp³-hybridized carbons (Fsp3) is 1.00. The molecule has 0 N–H and O–H groups in total. The zero-order chi connectivity index (χ0) is 6.91. The van der Waals surface area contributed by atoms with Gasteiger partial charge in [0.15, 0.2) is 0 Å². The maximum Gasteiger partial charge on any atom is 0.109 e. The third-order valence-electron chi connectivity index (χ3n) is 1.66. The second-order valence-electron chi connectivity index (χ2n) is 2.20. The van der Waals surface area contributed by atoms with Crippen molar-refractivity contribution in [2.24, 2.45) is 4.36 Å². The van der Waals surface area contributed by atoms with Crippen molar-refractivity contribution in [1.29, 1.82) is 0 Å². The lowest BCUT2D eigenvalue weighted by molar-refractivity contribution is 0.553. The van der Waals surface area contributed by atoms with Crippen LogP contribution in [0.3, 0.4) is 0 Å². The molecule has 1 atom stereocenters. The average molecular weight is 148 g/mol. The van der Waals surface area contributed by atoms with E-state index in [9.17, 15) is 4.21 Å². The predicted octanol–water partition coefficient (Wildman–Crippen LogP) is 0.335. The molecule has 4 heteroatoms. The molecular formula is C5H12N2OS. The molecule has 0 aliphatic carbocycles. The summed E-state index contributed by atoms with van der Waals surface area (Å²) in [5.41, 5.74) is 0. The van der Waals surface area contributed by atoms with Crippen LogP contribution in [0.4, 0.5) is 0 Å². The molecule has 0 aromatic carbocycles. The van der Waals surface area contributed by atoms with Crippen molar-refractivity contribution in [3.05, 3.63) is 0 Å². The van der Waals surface area contributed by atoms with Crippen LogP contribution in [-0.2, 0) is 9.92 Å². The van der Waals surface area contributed by atoms with Crippen LogP contribution in [0.25, 0.3) is 0 Å². The molecule has 0 spiro atoms. The van der Waals surface area contributed by atoms with Gasteiger partial charge in [-0.05, 0) is 6.42 Å². The van der Waals surface area contributed by atoms with Crippen molar-refractivity contribution < 1.29 is 4.21 Å². The molecule has 0 saturated carbocycles. The molecule has 1 fully saturated rings. The lowest BCUT2D eigenvalue weighted by atomic mass is 10.5. The minimum Gasteiger partial charge on any atom is -0.234 e. The van der Waals surface area contributed by atoms with E-state index in [0.717, 1.165) is 18.7 Å². The van der Waals surface area contributed by atoms with E-state index in [-0.39, 0.29) is 0 Å². The summed E-state index contributed by atoms with van der Waals surface area (Å²) in [6, 6.07) is 0. The Morgan fingerprint density at radius 3 is 2.56 bits per heavy atom. The highest BCUT2D eigenvalue weighted by Crippen LogP contribution is 2.12. The van der Waals surface area contributed by atoms with Crippen LogP contribution in [0.1, 0.15) is 6.42 Å². The van der Waals surface area contributed by atoms with Crippen molar-refractivity contribution in [3.8, 4) is 0 Å². The monoisotopic (exact) mass is 148 g/mol. The summed E-state index contributed by atoms with van der Waals surface area (Å²) in [5.74, 6) is 0.750. The molecule has 1 rings (SSSR count). The number of rotatable bonds is 0. The lowest BCUT2D eigenvalue weighted by Gasteiger charge is -2.09. The predicted molar refractivity (Wildman–Crippen MR) is 38.6 cm³/mol. The van der Waals surface area contributed by atoms with Crippen LogP contribution >= 0.6 is 0 Å². The Morgan fingerprint density at radius 1 is 1.67 bits per heavy atom. The van der Waals surface area contributed by atoms with E-state index in [1.807, 2.05) is 11.4 Å². The quantitative estimate of drug-likeness (QED) is 0.487. The summed E-state index contributed by atoms with van der Waals surface area (Å²) in [4.78, 5) is 0. The SMILES string of the molecule is CN=S1(=O)CCCN1C. The van der Waals surface area contributed by atoms with E-state index in [1.54, 1.807) is 7.05 Å². The number of nitrogens with zero attached hydrogens (tertiary/aromatic N) is 2. The van der Waals surface area contributed by atoms with E-state index in [0.29, 0.717) is 0 Å². The van der Waals surface area contributed by atoms with Crippen LogP contribution in [0, 0.1) is 0 Å². The first-order valence-electron chi connectivity index (χ1n) is 3.03. The number of hydrogen-bond donors (Lipinski definition) is 0. The molecule has 0 aromatic rings. The van der Waals surface area contributed by atoms with Crippen molar-refractivity contribution in [2.45, 2.75) is 6.42 Å². The zero-order valence-electron chi connectivity index (χ0n) is 5.83. The first-order chi connectivity index (χ1) is 4.19. The second kappa shape index (κ2) is 2.27. The Bertz CT molecular complexity index is 205. The molecule has 54 valence electrons. The molecule has 0 aromatic heterocycles. The Balaban J connectivity index is 2.94. The Hall–Kier alpha value is -0.0900. The summed E-state index contributed by atoms with van der Waals surface area (Å²) >= 11 is 0. The first kappa shape index (κ1) is 7.02. The van der Waals surface area contributed by atoms with Gasteiger partial charge in [0.2, 0.25) is 0 Å². The topological polar surface area (TPSA) is 32.7 Å². The summed E-state index contributed by atoms with van der Waals surface area (Å²) in [6.07, 6.45) is 1.02. The fourth-order valence-corrected chi connectivity index (χ4v) is 2.70. The van der Waals surface area contributed by atoms with Crippen LogP contribution < -0.4 is 0 Å². The van der Waals surface area contributed by atoms with Crippen molar-refractivity contribution in [3.63, 3.8) is 0 Å². The normalized spacial score (nSPS) is 37.1. The van der Waals surface area contributed by atoms with Gasteiger partial charge in [-0.3, -0.25) is 0 Å². The summed E-state index contributed by atoms with van der Waals surface area (Å²) < 4.78 is 17.1. The van der Waals surface area contributed by atoms with Crippen LogP contribution in [0.15, 0.2) is 4.36 Å². The van der Waals surface area contributed by atoms with Gasteiger partial charge < -0.3 is 0 Å². The van der Waals surface area contributed by atoms with Gasteiger partial charge in [0.05, 0.1) is 0 Å². The average Bonchev–Trinajstić information content (AvgIpc) is 2.15. The standard InChI is InChI=1S/C5H12N2OS/c1-6-9(8)5-3-4-7(9)2/h3-5H2,1-2H3. The number of hydrogen-bond acceptors (Lipinski definition) is 2. The Labute approximate surface area is 56.4 Å². The van der Waals surface area contributed by atoms with Gasteiger partial charge in [-0.1, -0.05) is 0 Å². The molecule has 1 unspecified atom stereocenters. The zero-order valence-corrected chi connectivity index (χ0v) is 6.65. The van der Waals surface area contributed by atoms with Gasteiger partial charge in [-0.15, -0.1) is 0 Å². The van der Waals surface area contributed by atoms with Crippen molar-refractivity contribution >= 4 is 9.92 Å². The molecule has 1 heterocycles. The van der Waals surface area contributed by atoms with Gasteiger partial charge >= 0.3 is 0 Å². The first-order valence-corrected chi connectivity index (χ1v) is 4.67. The highest BCUT2D eigenvalue weighted by Gasteiger charge is 2.20. The summed E-state index contributed by atoms with van der Waals surface area (Å²) in [7, 11) is 1.58. The van der Waals surface area contributed by atoms with Crippen LogP contribution in [0.2, 0.25) is 0 Å². The fourth-order valence-electron chi connectivity index (χ4n) is 1.00. The van der Waals surface area contributed by atoms with Gasteiger partial charge in [-0.25, -0.2) is 12.9 Å². The van der Waals surface area contributed by atoms with Crippen LogP contribution in [0.5, 0.6) is 0 Å². The Kier molecular flexibility index (Phi) is 1.77. The van der Waals surface area contributed by atoms with Gasteiger partial charge in [0, 0.05) is 26.4 Å². The summed E-state index contributed by atoms with van der Waals surface area (Å²) in [5, 5.41) is 0. The van der Waals surface area contributed by atoms with Gasteiger partial charge in [0.1, 0.15) is 9.92 Å². The summed E-state index contributed by atoms with van der Waals surface area (Å²) in [6.45, 7) is 0.927. The maximum atomic E-state index is 11.4. The molecule has 9 heavy (non-hydrogen) atoms.